The molecule has 0 aliphatic heterocycles. The lowest BCUT2D eigenvalue weighted by molar-refractivity contribution is -0.887. The van der Waals surface area contributed by atoms with Gasteiger partial charge >= 0.3 is 17.9 Å². The van der Waals surface area contributed by atoms with Crippen LogP contribution in [-0.4, -0.2) is 80.6 Å². The molecule has 0 saturated heterocycles. The van der Waals surface area contributed by atoms with Gasteiger partial charge in [0.05, 0.1) is 34.4 Å². The molecule has 0 radical (unpaired) electrons. The van der Waals surface area contributed by atoms with Gasteiger partial charge in [0.1, 0.15) is 6.61 Å². The highest BCUT2D eigenvalue weighted by Crippen LogP contribution is 2.14. The zero-order valence-electron chi connectivity index (χ0n) is 34.3. The highest BCUT2D eigenvalue weighted by Gasteiger charge is 2.31. The van der Waals surface area contributed by atoms with Crippen LogP contribution in [0, 0.1) is 0 Å². The minimum atomic E-state index is -0.876. The van der Waals surface area contributed by atoms with E-state index in [9.17, 15) is 19.5 Å². The lowest BCUT2D eigenvalue weighted by Gasteiger charge is -2.31. The van der Waals surface area contributed by atoms with Crippen LogP contribution < -0.4 is 0 Å². The van der Waals surface area contributed by atoms with Gasteiger partial charge in [0.25, 0.3) is 0 Å². The highest BCUT2D eigenvalue weighted by molar-refractivity contribution is 5.72. The van der Waals surface area contributed by atoms with E-state index in [0.29, 0.717) is 19.3 Å². The number of ether oxygens (including phenoxy) is 3. The first-order valence-corrected chi connectivity index (χ1v) is 21.0. The molecule has 0 heterocycles. The summed E-state index contributed by atoms with van der Waals surface area (Å²) in [6, 6.07) is -0.611. The zero-order chi connectivity index (χ0) is 38.5. The Labute approximate surface area is 319 Å². The number of aliphatic carboxylic acids is 1. The van der Waals surface area contributed by atoms with Gasteiger partial charge in [-0.05, 0) is 44.9 Å². The molecule has 0 aromatic carbocycles. The second kappa shape index (κ2) is 35.6. The molecule has 0 aromatic rings. The molecular weight excluding hydrogens is 654 g/mol. The second-order valence-corrected chi connectivity index (χ2v) is 15.2. The maximum Gasteiger partial charge on any atom is 0.362 e. The maximum atomic E-state index is 12.6. The number of carbonyl (C=O) groups excluding carboxylic acids is 2. The van der Waals surface area contributed by atoms with Crippen molar-refractivity contribution in [1.29, 1.82) is 0 Å². The number of hydrogen-bond donors (Lipinski definition) is 1. The van der Waals surface area contributed by atoms with Crippen molar-refractivity contribution in [1.82, 2.24) is 0 Å². The Bertz CT molecular complexity index is 953. The molecule has 52 heavy (non-hydrogen) atoms. The van der Waals surface area contributed by atoms with Crippen LogP contribution in [0.5, 0.6) is 0 Å². The van der Waals surface area contributed by atoms with E-state index in [-0.39, 0.29) is 36.2 Å². The molecule has 0 aromatic heterocycles. The van der Waals surface area contributed by atoms with Crippen LogP contribution >= 0.6 is 0 Å². The molecule has 0 saturated carbocycles. The normalized spacial score (nSPS) is 13.3. The smallest absolute Gasteiger partial charge is 0.362 e. The summed E-state index contributed by atoms with van der Waals surface area (Å²) < 4.78 is 17.2. The van der Waals surface area contributed by atoms with Gasteiger partial charge in [0.2, 0.25) is 0 Å². The first-order valence-electron chi connectivity index (χ1n) is 21.0. The molecule has 0 amide bonds. The lowest BCUT2D eigenvalue weighted by atomic mass is 10.1. The third kappa shape index (κ3) is 33.4. The number of hydrogen-bond acceptors (Lipinski definition) is 6. The topological polar surface area (TPSA) is 99.1 Å². The molecule has 8 nitrogen and oxygen atoms in total. The number of unbranched alkanes of at least 4 members (excludes halogenated alkanes) is 17. The van der Waals surface area contributed by atoms with Gasteiger partial charge in [0.15, 0.2) is 12.1 Å². The maximum absolute atomic E-state index is 12.6. The quantitative estimate of drug-likeness (QED) is 0.0293. The Balaban J connectivity index is 4.21. The molecule has 0 spiro atoms. The van der Waals surface area contributed by atoms with E-state index >= 15 is 0 Å². The van der Waals surface area contributed by atoms with Crippen molar-refractivity contribution in [2.24, 2.45) is 0 Å². The van der Waals surface area contributed by atoms with Crippen molar-refractivity contribution < 1.29 is 38.2 Å². The molecular formula is C44H80NO7+. The number of esters is 2. The Morgan fingerprint density at radius 3 is 1.60 bits per heavy atom. The third-order valence-corrected chi connectivity index (χ3v) is 9.30. The number of quaternary nitrogens is 1. The fraction of sp³-hybridized carbons (Fsp3) is 0.795. The first-order chi connectivity index (χ1) is 25.1. The molecule has 302 valence electrons. The molecule has 0 fully saturated rings. The second-order valence-electron chi connectivity index (χ2n) is 15.2. The number of carboxylic acid groups (broad SMARTS) is 1. The molecule has 8 heteroatoms. The summed E-state index contributed by atoms with van der Waals surface area (Å²) in [4.78, 5) is 36.8. The number of carboxylic acids is 1. The SMILES string of the molecule is CC/C=C/C/C=C/C/C=C/CCCCCCCCCCCCC(=O)OCC(COCCC(C(=O)O)[N+](C)(C)C)OC(=O)CCCCCCCCCC. The predicted molar refractivity (Wildman–Crippen MR) is 215 cm³/mol. The zero-order valence-corrected chi connectivity index (χ0v) is 34.3. The van der Waals surface area contributed by atoms with Crippen molar-refractivity contribution in [3.63, 3.8) is 0 Å². The van der Waals surface area contributed by atoms with Gasteiger partial charge in [-0.1, -0.05) is 147 Å². The summed E-state index contributed by atoms with van der Waals surface area (Å²) >= 11 is 0. The summed E-state index contributed by atoms with van der Waals surface area (Å²) in [5, 5.41) is 9.58. The van der Waals surface area contributed by atoms with Crippen LogP contribution in [0.25, 0.3) is 0 Å². The van der Waals surface area contributed by atoms with Crippen molar-refractivity contribution in [3.05, 3.63) is 36.5 Å². The number of rotatable bonds is 37. The van der Waals surface area contributed by atoms with E-state index in [0.717, 1.165) is 57.8 Å². The van der Waals surface area contributed by atoms with Crippen molar-refractivity contribution in [2.45, 2.75) is 187 Å². The van der Waals surface area contributed by atoms with Gasteiger partial charge in [-0.3, -0.25) is 9.59 Å². The average molecular weight is 735 g/mol. The van der Waals surface area contributed by atoms with Crippen molar-refractivity contribution in [3.8, 4) is 0 Å². The van der Waals surface area contributed by atoms with E-state index in [2.05, 4.69) is 50.3 Å². The number of likely N-dealkylation sites (N-methyl/N-ethyl adjacent to an activating group) is 1. The lowest BCUT2D eigenvalue weighted by Crippen LogP contribution is -2.50. The van der Waals surface area contributed by atoms with E-state index in [1.54, 1.807) is 0 Å². The first kappa shape index (κ1) is 49.6. The van der Waals surface area contributed by atoms with Crippen LogP contribution in [0.15, 0.2) is 36.5 Å². The van der Waals surface area contributed by atoms with E-state index in [4.69, 9.17) is 14.2 Å². The molecule has 2 atom stereocenters. The van der Waals surface area contributed by atoms with Crippen LogP contribution in [0.4, 0.5) is 0 Å². The van der Waals surface area contributed by atoms with Gasteiger partial charge in [-0.15, -0.1) is 0 Å². The largest absolute Gasteiger partial charge is 0.477 e. The number of allylic oxidation sites excluding steroid dienone is 6. The summed E-state index contributed by atoms with van der Waals surface area (Å²) in [5.74, 6) is -1.47. The Hall–Kier alpha value is -2.45. The molecule has 0 aliphatic carbocycles. The van der Waals surface area contributed by atoms with Crippen molar-refractivity contribution in [2.75, 3.05) is 41.0 Å². The average Bonchev–Trinajstić information content (AvgIpc) is 3.09. The van der Waals surface area contributed by atoms with E-state index in [1.807, 2.05) is 21.1 Å². The molecule has 1 N–H and O–H groups in total. The molecule has 2 unspecified atom stereocenters. The van der Waals surface area contributed by atoms with E-state index in [1.165, 1.54) is 83.5 Å². The summed E-state index contributed by atoms with van der Waals surface area (Å²) in [6.45, 7) is 4.59. The van der Waals surface area contributed by atoms with E-state index < -0.39 is 18.1 Å². The Morgan fingerprint density at radius 2 is 1.08 bits per heavy atom. The summed E-state index contributed by atoms with van der Waals surface area (Å²) in [7, 11) is 5.52. The van der Waals surface area contributed by atoms with Crippen LogP contribution in [0.2, 0.25) is 0 Å². The fourth-order valence-electron chi connectivity index (χ4n) is 6.05. The van der Waals surface area contributed by atoms with Crippen LogP contribution in [0.1, 0.15) is 174 Å². The van der Waals surface area contributed by atoms with Gasteiger partial charge in [-0.2, -0.15) is 0 Å². The Morgan fingerprint density at radius 1 is 0.596 bits per heavy atom. The molecule has 0 aliphatic rings. The third-order valence-electron chi connectivity index (χ3n) is 9.30. The minimum absolute atomic E-state index is 0.0511. The molecule has 0 rings (SSSR count). The van der Waals surface area contributed by atoms with Gasteiger partial charge < -0.3 is 23.8 Å². The standard InChI is InChI=1S/C44H79NO7/c1-6-8-10-12-14-16-17-18-19-20-21-22-23-24-25-26-27-29-30-32-34-42(46)51-39-40(38-50-37-36-41(44(48)49)45(3,4)5)52-43(47)35-33-31-28-15-13-11-9-7-2/h8,10,14,16,18-19,40-41H,6-7,9,11-13,15,17,20-39H2,1-5H3/p+1/b10-8+,16-14+,19-18+. The summed E-state index contributed by atoms with van der Waals surface area (Å²) in [6.07, 6.45) is 39.1. The van der Waals surface area contributed by atoms with Crippen LogP contribution in [0.3, 0.4) is 0 Å². The fourth-order valence-corrected chi connectivity index (χ4v) is 6.05. The van der Waals surface area contributed by atoms with Crippen LogP contribution in [-0.2, 0) is 28.6 Å². The van der Waals surface area contributed by atoms with Gasteiger partial charge in [-0.25, -0.2) is 4.79 Å². The van der Waals surface area contributed by atoms with Gasteiger partial charge in [0, 0.05) is 19.3 Å². The van der Waals surface area contributed by atoms with Crippen molar-refractivity contribution >= 4 is 17.9 Å². The Kier molecular flexibility index (Phi) is 33.9. The minimum Gasteiger partial charge on any atom is -0.477 e. The summed E-state index contributed by atoms with van der Waals surface area (Å²) in [5.41, 5.74) is 0. The monoisotopic (exact) mass is 735 g/mol. The highest BCUT2D eigenvalue weighted by atomic mass is 16.6. The number of carbonyl (C=O) groups is 3. The predicted octanol–water partition coefficient (Wildman–Crippen LogP) is 11.1. The molecule has 0 bridgehead atoms. The number of nitrogens with zero attached hydrogens (tertiary/aromatic N) is 1.